The Bertz CT molecular complexity index is 474. The molecule has 0 bridgehead atoms. The number of piperidine rings is 1. The van der Waals surface area contributed by atoms with Crippen molar-refractivity contribution in [2.45, 2.75) is 45.1 Å². The lowest BCUT2D eigenvalue weighted by molar-refractivity contribution is 0.0469. The number of nitrogens with zero attached hydrogens (tertiary/aromatic N) is 1. The fraction of sp³-hybridized carbons (Fsp3) is 0.647. The molecule has 2 N–H and O–H groups in total. The molecule has 2 rings (SSSR count). The average molecular weight is 277 g/mol. The first-order valence-corrected chi connectivity index (χ1v) is 7.53. The van der Waals surface area contributed by atoms with Crippen molar-refractivity contribution in [1.82, 2.24) is 4.90 Å². The number of phenols is 1. The number of hydrogen-bond acceptors (Lipinski definition) is 3. The van der Waals surface area contributed by atoms with Crippen molar-refractivity contribution in [3.05, 3.63) is 29.3 Å². The van der Waals surface area contributed by atoms with E-state index >= 15 is 0 Å². The van der Waals surface area contributed by atoms with E-state index in [9.17, 15) is 10.2 Å². The van der Waals surface area contributed by atoms with Gasteiger partial charge in [-0.3, -0.25) is 0 Å². The summed E-state index contributed by atoms with van der Waals surface area (Å²) in [6.45, 7) is 7.85. The second kappa shape index (κ2) is 5.74. The molecule has 1 heterocycles. The standard InChI is InChI=1S/C17H27NO2/c1-12-5-6-15(20)11-16(12)17(8-10-19)7-9-18(4)14(3)13(17)2/h5-6,11,13-14,19-20H,7-10H2,1-4H3/t13-,14+,17?/m0/s1. The quantitative estimate of drug-likeness (QED) is 0.893. The van der Waals surface area contributed by atoms with Crippen LogP contribution in [0.4, 0.5) is 0 Å². The molecule has 0 amide bonds. The number of aryl methyl sites for hydroxylation is 1. The third kappa shape index (κ3) is 2.45. The fourth-order valence-corrected chi connectivity index (χ4v) is 3.86. The zero-order chi connectivity index (χ0) is 14.9. The Balaban J connectivity index is 2.51. The molecule has 1 fully saturated rings. The number of aliphatic hydroxyl groups is 1. The molecule has 0 saturated carbocycles. The molecular weight excluding hydrogens is 250 g/mol. The maximum atomic E-state index is 9.88. The average Bonchev–Trinajstić information content (AvgIpc) is 2.43. The first kappa shape index (κ1) is 15.3. The van der Waals surface area contributed by atoms with Crippen LogP contribution in [-0.2, 0) is 5.41 Å². The molecule has 0 radical (unpaired) electrons. The first-order valence-electron chi connectivity index (χ1n) is 7.53. The fourth-order valence-electron chi connectivity index (χ4n) is 3.86. The van der Waals surface area contributed by atoms with Gasteiger partial charge >= 0.3 is 0 Å². The molecular formula is C17H27NO2. The van der Waals surface area contributed by atoms with Gasteiger partial charge in [-0.05, 0) is 69.5 Å². The van der Waals surface area contributed by atoms with Crippen LogP contribution in [0.3, 0.4) is 0 Å². The summed E-state index contributed by atoms with van der Waals surface area (Å²) in [6, 6.07) is 6.10. The summed E-state index contributed by atoms with van der Waals surface area (Å²) in [7, 11) is 2.17. The van der Waals surface area contributed by atoms with E-state index in [1.54, 1.807) is 6.07 Å². The van der Waals surface area contributed by atoms with Crippen LogP contribution in [0.1, 0.15) is 37.8 Å². The monoisotopic (exact) mass is 277 g/mol. The van der Waals surface area contributed by atoms with Crippen LogP contribution >= 0.6 is 0 Å². The number of likely N-dealkylation sites (tertiary alicyclic amines) is 1. The highest BCUT2D eigenvalue weighted by molar-refractivity contribution is 5.40. The van der Waals surface area contributed by atoms with E-state index in [0.717, 1.165) is 19.4 Å². The number of aliphatic hydroxyl groups excluding tert-OH is 1. The summed E-state index contributed by atoms with van der Waals surface area (Å²) in [5, 5.41) is 19.5. The Kier molecular flexibility index (Phi) is 4.40. The van der Waals surface area contributed by atoms with Crippen LogP contribution in [0, 0.1) is 12.8 Å². The van der Waals surface area contributed by atoms with Gasteiger partial charge in [0.2, 0.25) is 0 Å². The second-order valence-electron chi connectivity index (χ2n) is 6.39. The predicted molar refractivity (Wildman–Crippen MR) is 82.1 cm³/mol. The molecule has 1 aromatic rings. The Hall–Kier alpha value is -1.06. The topological polar surface area (TPSA) is 43.7 Å². The number of phenolic OH excluding ortho intramolecular Hbond substituents is 1. The Morgan fingerprint density at radius 2 is 2.05 bits per heavy atom. The number of aromatic hydroxyl groups is 1. The summed E-state index contributed by atoms with van der Waals surface area (Å²) in [6.07, 6.45) is 1.79. The number of benzene rings is 1. The molecule has 1 saturated heterocycles. The van der Waals surface area contributed by atoms with Crippen LogP contribution in [-0.4, -0.2) is 41.4 Å². The van der Waals surface area contributed by atoms with E-state index in [2.05, 4.69) is 32.7 Å². The summed E-state index contributed by atoms with van der Waals surface area (Å²) < 4.78 is 0. The van der Waals surface area contributed by atoms with Crippen LogP contribution < -0.4 is 0 Å². The van der Waals surface area contributed by atoms with Crippen molar-refractivity contribution < 1.29 is 10.2 Å². The summed E-state index contributed by atoms with van der Waals surface area (Å²) in [4.78, 5) is 2.39. The van der Waals surface area contributed by atoms with Crippen molar-refractivity contribution in [1.29, 1.82) is 0 Å². The summed E-state index contributed by atoms with van der Waals surface area (Å²) in [5.74, 6) is 0.760. The molecule has 3 heteroatoms. The van der Waals surface area contributed by atoms with Gasteiger partial charge in [-0.25, -0.2) is 0 Å². The highest BCUT2D eigenvalue weighted by Crippen LogP contribution is 2.46. The van der Waals surface area contributed by atoms with E-state index in [-0.39, 0.29) is 12.0 Å². The Morgan fingerprint density at radius 1 is 1.35 bits per heavy atom. The minimum absolute atomic E-state index is 0.0382. The lowest BCUT2D eigenvalue weighted by Crippen LogP contribution is -2.53. The molecule has 0 spiro atoms. The van der Waals surface area contributed by atoms with Crippen LogP contribution in [0.2, 0.25) is 0 Å². The van der Waals surface area contributed by atoms with Crippen LogP contribution in [0.25, 0.3) is 0 Å². The maximum absolute atomic E-state index is 9.88. The maximum Gasteiger partial charge on any atom is 0.115 e. The van der Waals surface area contributed by atoms with Gasteiger partial charge in [0.1, 0.15) is 5.75 Å². The highest BCUT2D eigenvalue weighted by atomic mass is 16.3. The minimum atomic E-state index is -0.0382. The third-order valence-corrected chi connectivity index (χ3v) is 5.52. The number of rotatable bonds is 3. The SMILES string of the molecule is Cc1ccc(O)cc1C1(CCO)CCN(C)[C@H](C)[C@@H]1C. The molecule has 3 atom stereocenters. The first-order chi connectivity index (χ1) is 9.42. The minimum Gasteiger partial charge on any atom is -0.508 e. The normalized spacial score (nSPS) is 31.4. The molecule has 0 aliphatic carbocycles. The van der Waals surface area contributed by atoms with Crippen molar-refractivity contribution in [2.24, 2.45) is 5.92 Å². The summed E-state index contributed by atoms with van der Waals surface area (Å²) in [5.41, 5.74) is 2.38. The lowest BCUT2D eigenvalue weighted by Gasteiger charge is -2.50. The Labute approximate surface area is 122 Å². The molecule has 20 heavy (non-hydrogen) atoms. The molecule has 1 aliphatic rings. The van der Waals surface area contributed by atoms with Crippen LogP contribution in [0.15, 0.2) is 18.2 Å². The van der Waals surface area contributed by atoms with Gasteiger partial charge in [0.15, 0.2) is 0 Å². The smallest absolute Gasteiger partial charge is 0.115 e. The van der Waals surface area contributed by atoms with Gasteiger partial charge in [0.05, 0.1) is 0 Å². The van der Waals surface area contributed by atoms with Gasteiger partial charge in [-0.2, -0.15) is 0 Å². The molecule has 3 nitrogen and oxygen atoms in total. The molecule has 1 aliphatic heterocycles. The van der Waals surface area contributed by atoms with Crippen molar-refractivity contribution >= 4 is 0 Å². The zero-order valence-corrected chi connectivity index (χ0v) is 13.1. The van der Waals surface area contributed by atoms with E-state index in [1.807, 2.05) is 12.1 Å². The molecule has 112 valence electrons. The third-order valence-electron chi connectivity index (χ3n) is 5.52. The highest BCUT2D eigenvalue weighted by Gasteiger charge is 2.45. The van der Waals surface area contributed by atoms with E-state index in [1.165, 1.54) is 11.1 Å². The second-order valence-corrected chi connectivity index (χ2v) is 6.39. The van der Waals surface area contributed by atoms with E-state index in [0.29, 0.717) is 17.7 Å². The molecule has 0 aromatic heterocycles. The Morgan fingerprint density at radius 3 is 2.70 bits per heavy atom. The van der Waals surface area contributed by atoms with E-state index in [4.69, 9.17) is 0 Å². The number of hydrogen-bond donors (Lipinski definition) is 2. The predicted octanol–water partition coefficient (Wildman–Crippen LogP) is 2.68. The van der Waals surface area contributed by atoms with Gasteiger partial charge in [-0.15, -0.1) is 0 Å². The van der Waals surface area contributed by atoms with Crippen molar-refractivity contribution in [3.8, 4) is 5.75 Å². The van der Waals surface area contributed by atoms with Crippen molar-refractivity contribution in [3.63, 3.8) is 0 Å². The largest absolute Gasteiger partial charge is 0.508 e. The van der Waals surface area contributed by atoms with Gasteiger partial charge in [-0.1, -0.05) is 13.0 Å². The van der Waals surface area contributed by atoms with E-state index < -0.39 is 0 Å². The molecule has 1 aromatic carbocycles. The zero-order valence-electron chi connectivity index (χ0n) is 13.1. The molecule has 1 unspecified atom stereocenters. The van der Waals surface area contributed by atoms with Crippen LogP contribution in [0.5, 0.6) is 5.75 Å². The van der Waals surface area contributed by atoms with Crippen molar-refractivity contribution in [2.75, 3.05) is 20.2 Å². The van der Waals surface area contributed by atoms with Gasteiger partial charge in [0, 0.05) is 18.1 Å². The summed E-state index contributed by atoms with van der Waals surface area (Å²) >= 11 is 0. The van der Waals surface area contributed by atoms with Gasteiger partial charge in [0.25, 0.3) is 0 Å². The van der Waals surface area contributed by atoms with Gasteiger partial charge < -0.3 is 15.1 Å². The lowest BCUT2D eigenvalue weighted by atomic mass is 9.61.